The van der Waals surface area contributed by atoms with E-state index in [0.29, 0.717) is 0 Å². The van der Waals surface area contributed by atoms with E-state index in [0.717, 1.165) is 49.1 Å². The Labute approximate surface area is 205 Å². The summed E-state index contributed by atoms with van der Waals surface area (Å²) in [5.41, 5.74) is 0.886. The van der Waals surface area contributed by atoms with Gasteiger partial charge in [-0.25, -0.2) is 9.59 Å². The van der Waals surface area contributed by atoms with Crippen molar-refractivity contribution in [3.05, 3.63) is 35.9 Å². The summed E-state index contributed by atoms with van der Waals surface area (Å²) >= 11 is 5.22. The van der Waals surface area contributed by atoms with Crippen molar-refractivity contribution in [2.75, 3.05) is 7.05 Å². The third-order valence-corrected chi connectivity index (χ3v) is 5.93. The summed E-state index contributed by atoms with van der Waals surface area (Å²) < 4.78 is 11.0. The maximum atomic E-state index is 12.6. The summed E-state index contributed by atoms with van der Waals surface area (Å²) in [6.07, 6.45) is 10.9. The van der Waals surface area contributed by atoms with Crippen LogP contribution >= 0.6 is 12.2 Å². The molecular weight excluding hydrogens is 436 g/mol. The van der Waals surface area contributed by atoms with E-state index in [2.05, 4.69) is 17.6 Å². The Kier molecular flexibility index (Phi) is 16.0. The van der Waals surface area contributed by atoms with Crippen LogP contribution in [0.2, 0.25) is 0 Å². The van der Waals surface area contributed by atoms with Crippen molar-refractivity contribution in [1.82, 2.24) is 10.6 Å². The van der Waals surface area contributed by atoms with Crippen LogP contribution in [0.3, 0.4) is 0 Å². The Bertz CT molecular complexity index is 684. The molecule has 0 radical (unpaired) electrons. The highest BCUT2D eigenvalue weighted by Crippen LogP contribution is 2.16. The van der Waals surface area contributed by atoms with Crippen LogP contribution < -0.4 is 10.6 Å². The average Bonchev–Trinajstić information content (AvgIpc) is 2.82. The molecule has 0 bridgehead atoms. The Morgan fingerprint density at radius 2 is 1.61 bits per heavy atom. The molecule has 2 atom stereocenters. The standard InChI is InChI=1S/C26H42N2O4S/c1-4-5-6-7-8-9-13-17-23(18-14-19-24(33)27-3)32-25(29)21(2)28-26(30)31-20-22-15-11-10-12-16-22/h10-12,15-16,21,23H,4-9,13-14,17-20H2,1-3H3,(H,27,33)(H,28,30)/t21-,23-/m0/s1. The van der Waals surface area contributed by atoms with E-state index in [-0.39, 0.29) is 12.7 Å². The highest BCUT2D eigenvalue weighted by atomic mass is 32.1. The lowest BCUT2D eigenvalue weighted by Gasteiger charge is -2.21. The van der Waals surface area contributed by atoms with Crippen molar-refractivity contribution in [2.24, 2.45) is 0 Å². The summed E-state index contributed by atoms with van der Waals surface area (Å²) in [6.45, 7) is 3.99. The van der Waals surface area contributed by atoms with Crippen molar-refractivity contribution in [3.8, 4) is 0 Å². The quantitative estimate of drug-likeness (QED) is 0.161. The van der Waals surface area contributed by atoms with Crippen molar-refractivity contribution in [3.63, 3.8) is 0 Å². The summed E-state index contributed by atoms with van der Waals surface area (Å²) in [6, 6.07) is 8.63. The fraction of sp³-hybridized carbons (Fsp3) is 0.654. The molecule has 0 fully saturated rings. The molecule has 0 aliphatic rings. The minimum absolute atomic E-state index is 0.153. The molecule has 1 rings (SSSR count). The first-order chi connectivity index (χ1) is 16.0. The van der Waals surface area contributed by atoms with Gasteiger partial charge in [-0.2, -0.15) is 0 Å². The highest BCUT2D eigenvalue weighted by Gasteiger charge is 2.22. The molecule has 1 aromatic rings. The molecule has 7 heteroatoms. The van der Waals surface area contributed by atoms with Crippen LogP contribution in [0.1, 0.15) is 90.0 Å². The summed E-state index contributed by atoms with van der Waals surface area (Å²) in [7, 11) is 1.82. The Balaban J connectivity index is 2.42. The number of benzene rings is 1. The molecule has 1 aromatic carbocycles. The molecule has 33 heavy (non-hydrogen) atoms. The summed E-state index contributed by atoms with van der Waals surface area (Å²) in [5.74, 6) is -0.434. The molecule has 1 amide bonds. The van der Waals surface area contributed by atoms with Gasteiger partial charge >= 0.3 is 12.1 Å². The molecule has 0 aliphatic heterocycles. The van der Waals surface area contributed by atoms with E-state index in [1.54, 1.807) is 6.92 Å². The second-order valence-electron chi connectivity index (χ2n) is 8.46. The minimum atomic E-state index is -0.775. The zero-order valence-corrected chi connectivity index (χ0v) is 21.4. The van der Waals surface area contributed by atoms with E-state index in [1.165, 1.54) is 32.1 Å². The Morgan fingerprint density at radius 1 is 0.970 bits per heavy atom. The number of nitrogens with one attached hydrogen (secondary N) is 2. The Hall–Kier alpha value is -2.15. The number of hydrogen-bond donors (Lipinski definition) is 2. The smallest absolute Gasteiger partial charge is 0.408 e. The molecule has 0 unspecified atom stereocenters. The third kappa shape index (κ3) is 14.6. The first-order valence-corrected chi connectivity index (χ1v) is 12.7. The molecule has 6 nitrogen and oxygen atoms in total. The summed E-state index contributed by atoms with van der Waals surface area (Å²) in [5, 5.41) is 5.55. The molecule has 0 heterocycles. The zero-order valence-electron chi connectivity index (χ0n) is 20.6. The van der Waals surface area contributed by atoms with E-state index in [9.17, 15) is 9.59 Å². The van der Waals surface area contributed by atoms with Gasteiger partial charge in [-0.15, -0.1) is 0 Å². The molecule has 0 aromatic heterocycles. The van der Waals surface area contributed by atoms with Crippen LogP contribution in [0.15, 0.2) is 30.3 Å². The maximum Gasteiger partial charge on any atom is 0.408 e. The number of alkyl carbamates (subject to hydrolysis) is 1. The molecular formula is C26H42N2O4S. The van der Waals surface area contributed by atoms with Gasteiger partial charge in [0.25, 0.3) is 0 Å². The number of unbranched alkanes of at least 4 members (excludes halogenated alkanes) is 6. The SMILES string of the molecule is CCCCCCCCC[C@@H](CCCC(=S)NC)OC(=O)[C@H](C)NC(=O)OCc1ccccc1. The van der Waals surface area contributed by atoms with Gasteiger partial charge in [0.15, 0.2) is 0 Å². The molecule has 186 valence electrons. The number of ether oxygens (including phenoxy) is 2. The highest BCUT2D eigenvalue weighted by molar-refractivity contribution is 7.80. The molecule has 0 aliphatic carbocycles. The van der Waals surface area contributed by atoms with Gasteiger partial charge in [-0.1, -0.05) is 88.0 Å². The van der Waals surface area contributed by atoms with E-state index in [4.69, 9.17) is 21.7 Å². The molecule has 0 saturated carbocycles. The maximum absolute atomic E-state index is 12.6. The van der Waals surface area contributed by atoms with Crippen molar-refractivity contribution in [1.29, 1.82) is 0 Å². The van der Waals surface area contributed by atoms with Crippen LogP contribution in [0, 0.1) is 0 Å². The van der Waals surface area contributed by atoms with Crippen LogP contribution in [-0.4, -0.2) is 36.2 Å². The predicted octanol–water partition coefficient (Wildman–Crippen LogP) is 6.07. The second kappa shape index (κ2) is 18.3. The second-order valence-corrected chi connectivity index (χ2v) is 8.95. The number of carbonyl (C=O) groups excluding carboxylic acids is 2. The average molecular weight is 479 g/mol. The van der Waals surface area contributed by atoms with Gasteiger partial charge in [0.1, 0.15) is 18.8 Å². The van der Waals surface area contributed by atoms with E-state index < -0.39 is 18.1 Å². The fourth-order valence-electron chi connectivity index (χ4n) is 3.47. The lowest BCUT2D eigenvalue weighted by atomic mass is 10.0. The van der Waals surface area contributed by atoms with Gasteiger partial charge in [0, 0.05) is 7.05 Å². The van der Waals surface area contributed by atoms with Crippen molar-refractivity contribution in [2.45, 2.75) is 103 Å². The van der Waals surface area contributed by atoms with Crippen molar-refractivity contribution >= 4 is 29.3 Å². The third-order valence-electron chi connectivity index (χ3n) is 5.52. The minimum Gasteiger partial charge on any atom is -0.461 e. The molecule has 0 saturated heterocycles. The first-order valence-electron chi connectivity index (χ1n) is 12.3. The largest absolute Gasteiger partial charge is 0.461 e. The van der Waals surface area contributed by atoms with E-state index in [1.807, 2.05) is 37.4 Å². The normalized spacial score (nSPS) is 12.5. The zero-order chi connectivity index (χ0) is 24.3. The number of thiocarbonyl (C=S) groups is 1. The number of amides is 1. The molecule has 2 N–H and O–H groups in total. The number of esters is 1. The number of carbonyl (C=O) groups is 2. The van der Waals surface area contributed by atoms with Crippen LogP contribution in [0.5, 0.6) is 0 Å². The summed E-state index contributed by atoms with van der Waals surface area (Å²) in [4.78, 5) is 25.5. The van der Waals surface area contributed by atoms with Gasteiger partial charge in [0.2, 0.25) is 0 Å². The van der Waals surface area contributed by atoms with Crippen LogP contribution in [0.25, 0.3) is 0 Å². The van der Waals surface area contributed by atoms with Crippen LogP contribution in [-0.2, 0) is 20.9 Å². The van der Waals surface area contributed by atoms with Gasteiger partial charge in [-0.3, -0.25) is 0 Å². The van der Waals surface area contributed by atoms with Gasteiger partial charge in [-0.05, 0) is 44.6 Å². The topological polar surface area (TPSA) is 76.7 Å². The fourth-order valence-corrected chi connectivity index (χ4v) is 3.62. The van der Waals surface area contributed by atoms with E-state index >= 15 is 0 Å². The number of hydrogen-bond acceptors (Lipinski definition) is 5. The molecule has 0 spiro atoms. The predicted molar refractivity (Wildman–Crippen MR) is 137 cm³/mol. The first kappa shape index (κ1) is 28.9. The monoisotopic (exact) mass is 478 g/mol. The van der Waals surface area contributed by atoms with Crippen molar-refractivity contribution < 1.29 is 19.1 Å². The number of rotatable bonds is 17. The van der Waals surface area contributed by atoms with Gasteiger partial charge < -0.3 is 20.1 Å². The lowest BCUT2D eigenvalue weighted by molar-refractivity contribution is -0.151. The van der Waals surface area contributed by atoms with Gasteiger partial charge in [0.05, 0.1) is 4.99 Å². The Morgan fingerprint density at radius 3 is 2.27 bits per heavy atom. The van der Waals surface area contributed by atoms with Crippen LogP contribution in [0.4, 0.5) is 4.79 Å². The lowest BCUT2D eigenvalue weighted by Crippen LogP contribution is -2.41.